The first-order chi connectivity index (χ1) is 10.2. The van der Waals surface area contributed by atoms with Gasteiger partial charge in [-0.2, -0.15) is 0 Å². The first kappa shape index (κ1) is 16.2. The zero-order valence-corrected chi connectivity index (χ0v) is 13.0. The largest absolute Gasteiger partial charge is 0.395 e. The van der Waals surface area contributed by atoms with E-state index in [0.29, 0.717) is 0 Å². The predicted molar refractivity (Wildman–Crippen MR) is 84.2 cm³/mol. The standard InChI is InChI=1S/C16H26FN3O/c1-3-18-13(2)16-14(17)5-4-6-15(16)20-9-7-19(8-10-20)11-12-21/h4-6,13,18,21H,3,7-12H2,1-2H3. The van der Waals surface area contributed by atoms with Crippen molar-refractivity contribution in [3.8, 4) is 0 Å². The molecule has 2 N–H and O–H groups in total. The molecule has 1 heterocycles. The van der Waals surface area contributed by atoms with Crippen LogP contribution < -0.4 is 10.2 Å². The molecule has 0 radical (unpaired) electrons. The normalized spacial score (nSPS) is 18.0. The van der Waals surface area contributed by atoms with Crippen molar-refractivity contribution in [1.82, 2.24) is 10.2 Å². The molecule has 21 heavy (non-hydrogen) atoms. The van der Waals surface area contributed by atoms with Crippen molar-refractivity contribution in [2.24, 2.45) is 0 Å². The first-order valence-corrected chi connectivity index (χ1v) is 7.77. The number of halogens is 1. The quantitative estimate of drug-likeness (QED) is 0.836. The molecule has 1 fully saturated rings. The number of β-amino-alcohol motifs (C(OH)–C–C–N with tert-alkyl or cyclic N) is 1. The molecule has 2 rings (SSSR count). The molecule has 0 aliphatic carbocycles. The molecule has 1 aromatic carbocycles. The Bertz CT molecular complexity index is 447. The molecule has 0 amide bonds. The number of aliphatic hydroxyl groups excluding tert-OH is 1. The topological polar surface area (TPSA) is 38.7 Å². The number of rotatable bonds is 6. The van der Waals surface area contributed by atoms with Crippen LogP contribution in [0.25, 0.3) is 0 Å². The van der Waals surface area contributed by atoms with Gasteiger partial charge in [0.2, 0.25) is 0 Å². The Hall–Kier alpha value is -1.17. The average molecular weight is 295 g/mol. The van der Waals surface area contributed by atoms with Gasteiger partial charge in [0.05, 0.1) is 6.61 Å². The summed E-state index contributed by atoms with van der Waals surface area (Å²) in [5.74, 6) is -0.140. The summed E-state index contributed by atoms with van der Waals surface area (Å²) in [4.78, 5) is 4.49. The lowest BCUT2D eigenvalue weighted by Gasteiger charge is -2.37. The Morgan fingerprint density at radius 3 is 2.62 bits per heavy atom. The number of aliphatic hydroxyl groups is 1. The van der Waals surface area contributed by atoms with Gasteiger partial charge in [-0.25, -0.2) is 4.39 Å². The molecule has 4 nitrogen and oxygen atoms in total. The Labute approximate surface area is 126 Å². The maximum absolute atomic E-state index is 14.3. The van der Waals surface area contributed by atoms with Gasteiger partial charge in [-0.1, -0.05) is 13.0 Å². The summed E-state index contributed by atoms with van der Waals surface area (Å²) in [6, 6.07) is 5.33. The monoisotopic (exact) mass is 295 g/mol. The van der Waals surface area contributed by atoms with Crippen LogP contribution in [0.15, 0.2) is 18.2 Å². The van der Waals surface area contributed by atoms with Crippen molar-refractivity contribution in [2.45, 2.75) is 19.9 Å². The summed E-state index contributed by atoms with van der Waals surface area (Å²) in [5.41, 5.74) is 1.75. The van der Waals surface area contributed by atoms with Gasteiger partial charge in [-0.3, -0.25) is 4.90 Å². The minimum Gasteiger partial charge on any atom is -0.395 e. The van der Waals surface area contributed by atoms with E-state index in [9.17, 15) is 4.39 Å². The fourth-order valence-corrected chi connectivity index (χ4v) is 2.99. The number of nitrogens with zero attached hydrogens (tertiary/aromatic N) is 2. The van der Waals surface area contributed by atoms with E-state index in [-0.39, 0.29) is 18.5 Å². The maximum atomic E-state index is 14.3. The molecule has 0 aromatic heterocycles. The Morgan fingerprint density at radius 2 is 2.00 bits per heavy atom. The molecule has 118 valence electrons. The second kappa shape index (κ2) is 7.73. The molecule has 0 bridgehead atoms. The van der Waals surface area contributed by atoms with E-state index < -0.39 is 0 Å². The number of hydrogen-bond acceptors (Lipinski definition) is 4. The van der Waals surface area contributed by atoms with Crippen LogP contribution in [0, 0.1) is 5.82 Å². The average Bonchev–Trinajstić information content (AvgIpc) is 2.48. The molecule has 1 aromatic rings. The molecular formula is C16H26FN3O. The lowest BCUT2D eigenvalue weighted by atomic mass is 10.0. The van der Waals surface area contributed by atoms with Crippen molar-refractivity contribution in [3.63, 3.8) is 0 Å². The minimum atomic E-state index is -0.140. The summed E-state index contributed by atoms with van der Waals surface area (Å²) in [7, 11) is 0. The minimum absolute atomic E-state index is 0.00155. The van der Waals surface area contributed by atoms with Crippen LogP contribution in [0.4, 0.5) is 10.1 Å². The fourth-order valence-electron chi connectivity index (χ4n) is 2.99. The van der Waals surface area contributed by atoms with Gasteiger partial charge < -0.3 is 15.3 Å². The third kappa shape index (κ3) is 3.93. The fraction of sp³-hybridized carbons (Fsp3) is 0.625. The van der Waals surface area contributed by atoms with Gasteiger partial charge in [0, 0.05) is 50.0 Å². The predicted octanol–water partition coefficient (Wildman–Crippen LogP) is 1.61. The lowest BCUT2D eigenvalue weighted by molar-refractivity contribution is 0.188. The van der Waals surface area contributed by atoms with Crippen LogP contribution in [0.5, 0.6) is 0 Å². The van der Waals surface area contributed by atoms with E-state index in [1.165, 1.54) is 6.07 Å². The van der Waals surface area contributed by atoms with Gasteiger partial charge in [-0.05, 0) is 25.6 Å². The van der Waals surface area contributed by atoms with Gasteiger partial charge in [-0.15, -0.1) is 0 Å². The summed E-state index contributed by atoms with van der Waals surface area (Å²) in [6.07, 6.45) is 0. The highest BCUT2D eigenvalue weighted by atomic mass is 19.1. The van der Waals surface area contributed by atoms with E-state index in [2.05, 4.69) is 15.1 Å². The van der Waals surface area contributed by atoms with Crippen LogP contribution in [0.1, 0.15) is 25.5 Å². The highest BCUT2D eigenvalue weighted by molar-refractivity contribution is 5.56. The number of nitrogens with one attached hydrogen (secondary N) is 1. The number of hydrogen-bond donors (Lipinski definition) is 2. The molecule has 0 saturated carbocycles. The summed E-state index contributed by atoms with van der Waals surface area (Å²) in [6.45, 7) is 9.33. The van der Waals surface area contributed by atoms with Crippen LogP contribution in [-0.4, -0.2) is 55.9 Å². The number of benzene rings is 1. The van der Waals surface area contributed by atoms with E-state index >= 15 is 0 Å². The zero-order chi connectivity index (χ0) is 15.2. The number of piperazine rings is 1. The third-order valence-electron chi connectivity index (χ3n) is 4.10. The smallest absolute Gasteiger partial charge is 0.130 e. The van der Waals surface area contributed by atoms with Crippen molar-refractivity contribution < 1.29 is 9.50 Å². The Morgan fingerprint density at radius 1 is 1.29 bits per heavy atom. The second-order valence-corrected chi connectivity index (χ2v) is 5.50. The first-order valence-electron chi connectivity index (χ1n) is 7.77. The Balaban J connectivity index is 2.15. The summed E-state index contributed by atoms with van der Waals surface area (Å²) in [5, 5.41) is 12.3. The molecule has 1 unspecified atom stereocenters. The van der Waals surface area contributed by atoms with Crippen molar-refractivity contribution >= 4 is 5.69 Å². The van der Waals surface area contributed by atoms with Gasteiger partial charge in [0.25, 0.3) is 0 Å². The van der Waals surface area contributed by atoms with Crippen LogP contribution in [0.3, 0.4) is 0 Å². The summed E-state index contributed by atoms with van der Waals surface area (Å²) >= 11 is 0. The molecular weight excluding hydrogens is 269 g/mol. The molecule has 5 heteroatoms. The highest BCUT2D eigenvalue weighted by Crippen LogP contribution is 2.29. The van der Waals surface area contributed by atoms with Gasteiger partial charge in [0.15, 0.2) is 0 Å². The highest BCUT2D eigenvalue weighted by Gasteiger charge is 2.22. The van der Waals surface area contributed by atoms with E-state index in [1.54, 1.807) is 6.07 Å². The maximum Gasteiger partial charge on any atom is 0.130 e. The van der Waals surface area contributed by atoms with Crippen molar-refractivity contribution in [1.29, 1.82) is 0 Å². The molecule has 1 atom stereocenters. The van der Waals surface area contributed by atoms with E-state index in [4.69, 9.17) is 5.11 Å². The van der Waals surface area contributed by atoms with Crippen LogP contribution >= 0.6 is 0 Å². The molecule has 1 aliphatic rings. The summed E-state index contributed by atoms with van der Waals surface area (Å²) < 4.78 is 14.3. The number of anilines is 1. The van der Waals surface area contributed by atoms with Crippen LogP contribution in [-0.2, 0) is 0 Å². The molecule has 1 aliphatic heterocycles. The molecule has 1 saturated heterocycles. The van der Waals surface area contributed by atoms with Crippen LogP contribution in [0.2, 0.25) is 0 Å². The second-order valence-electron chi connectivity index (χ2n) is 5.50. The van der Waals surface area contributed by atoms with Gasteiger partial charge in [0.1, 0.15) is 5.82 Å². The van der Waals surface area contributed by atoms with Gasteiger partial charge >= 0.3 is 0 Å². The van der Waals surface area contributed by atoms with Crippen molar-refractivity contribution in [2.75, 3.05) is 50.8 Å². The zero-order valence-electron chi connectivity index (χ0n) is 13.0. The van der Waals surface area contributed by atoms with E-state index in [1.807, 2.05) is 19.9 Å². The van der Waals surface area contributed by atoms with Crippen molar-refractivity contribution in [3.05, 3.63) is 29.6 Å². The Kier molecular flexibility index (Phi) is 5.96. The lowest BCUT2D eigenvalue weighted by Crippen LogP contribution is -2.47. The van der Waals surface area contributed by atoms with E-state index in [0.717, 1.165) is 50.5 Å². The SMILES string of the molecule is CCNC(C)c1c(F)cccc1N1CCN(CCO)CC1. The third-order valence-corrected chi connectivity index (χ3v) is 4.10. The molecule has 0 spiro atoms.